The first-order valence-corrected chi connectivity index (χ1v) is 4.92. The van der Waals surface area contributed by atoms with Crippen LogP contribution in [0.25, 0.3) is 0 Å². The molecule has 0 aliphatic rings. The number of nitrogens with one attached hydrogen (secondary N) is 2. The molecule has 5 nitrogen and oxygen atoms in total. The van der Waals surface area contributed by atoms with Crippen LogP contribution in [0.1, 0.15) is 0 Å². The van der Waals surface area contributed by atoms with Crippen LogP contribution in [0, 0.1) is 5.21 Å². The smallest absolute Gasteiger partial charge is 0.471 e. The highest BCUT2D eigenvalue weighted by Crippen LogP contribution is 2.26. The molecule has 0 fully saturated rings. The first-order chi connectivity index (χ1) is 7.71. The SMILES string of the molecule is O=C(Nc1ccc([NH+]([O-])O)cc1Br)C(F)(F)F. The van der Waals surface area contributed by atoms with Gasteiger partial charge in [0.25, 0.3) is 0 Å². The summed E-state index contributed by atoms with van der Waals surface area (Å²) in [6.45, 7) is 0. The molecular formula is C8H6BrF3N2O3. The van der Waals surface area contributed by atoms with E-state index >= 15 is 0 Å². The summed E-state index contributed by atoms with van der Waals surface area (Å²) in [6, 6.07) is 3.24. The maximum atomic E-state index is 12.0. The minimum atomic E-state index is -5.00. The van der Waals surface area contributed by atoms with Crippen LogP contribution >= 0.6 is 15.9 Å². The lowest BCUT2D eigenvalue weighted by Gasteiger charge is -2.14. The van der Waals surface area contributed by atoms with Crippen LogP contribution in [0.5, 0.6) is 0 Å². The Hall–Kier alpha value is -1.16. The van der Waals surface area contributed by atoms with Crippen LogP contribution in [-0.2, 0) is 4.79 Å². The zero-order valence-corrected chi connectivity index (χ0v) is 9.59. The van der Waals surface area contributed by atoms with Crippen LogP contribution in [0.2, 0.25) is 0 Å². The topological polar surface area (TPSA) is 76.8 Å². The van der Waals surface area contributed by atoms with Crippen molar-refractivity contribution >= 4 is 33.2 Å². The lowest BCUT2D eigenvalue weighted by molar-refractivity contribution is -0.991. The van der Waals surface area contributed by atoms with Gasteiger partial charge in [0, 0.05) is 16.6 Å². The number of carbonyl (C=O) groups is 1. The van der Waals surface area contributed by atoms with E-state index in [0.717, 1.165) is 18.2 Å². The van der Waals surface area contributed by atoms with Crippen LogP contribution < -0.4 is 10.5 Å². The average molecular weight is 315 g/mol. The number of benzene rings is 1. The Kier molecular flexibility index (Phi) is 4.09. The third-order valence-electron chi connectivity index (χ3n) is 1.72. The number of hydrogen-bond donors (Lipinski definition) is 3. The van der Waals surface area contributed by atoms with Gasteiger partial charge in [-0.2, -0.15) is 18.4 Å². The Morgan fingerprint density at radius 1 is 1.47 bits per heavy atom. The summed E-state index contributed by atoms with van der Waals surface area (Å²) in [7, 11) is 0. The molecule has 0 aromatic heterocycles. The normalized spacial score (nSPS) is 13.3. The number of quaternary nitrogens is 1. The first-order valence-electron chi connectivity index (χ1n) is 4.13. The number of anilines is 1. The number of carbonyl (C=O) groups excluding carboxylic acids is 1. The van der Waals surface area contributed by atoms with Crippen molar-refractivity contribution < 1.29 is 28.4 Å². The van der Waals surface area contributed by atoms with Crippen molar-refractivity contribution in [3.63, 3.8) is 0 Å². The second-order valence-electron chi connectivity index (χ2n) is 2.95. The number of alkyl halides is 3. The second kappa shape index (κ2) is 5.00. The molecule has 94 valence electrons. The van der Waals surface area contributed by atoms with E-state index in [9.17, 15) is 23.2 Å². The van der Waals surface area contributed by atoms with Gasteiger partial charge in [-0.05, 0) is 22.0 Å². The summed E-state index contributed by atoms with van der Waals surface area (Å²) in [6.07, 6.45) is -5.00. The van der Waals surface area contributed by atoms with Crippen LogP contribution in [-0.4, -0.2) is 17.3 Å². The standard InChI is InChI=1S/C8H6BrF3N2O3/c9-5-3-4(14(16)17)1-2-6(5)13-7(15)8(10,11)12/h1-3,14,16H,(H,13,15). The summed E-state index contributed by atoms with van der Waals surface area (Å²) in [5.41, 5.74) is -0.265. The molecule has 0 saturated heterocycles. The Morgan fingerprint density at radius 2 is 2.06 bits per heavy atom. The van der Waals surface area contributed by atoms with Crippen molar-refractivity contribution in [2.45, 2.75) is 6.18 Å². The highest BCUT2D eigenvalue weighted by molar-refractivity contribution is 9.10. The molecule has 3 N–H and O–H groups in total. The highest BCUT2D eigenvalue weighted by atomic mass is 79.9. The molecule has 0 aliphatic heterocycles. The number of hydrogen-bond acceptors (Lipinski definition) is 3. The Bertz CT molecular complexity index is 437. The molecule has 1 aromatic carbocycles. The molecule has 17 heavy (non-hydrogen) atoms. The molecule has 9 heteroatoms. The van der Waals surface area contributed by atoms with E-state index in [0.29, 0.717) is 0 Å². The summed E-state index contributed by atoms with van der Waals surface area (Å²) in [4.78, 5) is 10.6. The van der Waals surface area contributed by atoms with E-state index in [2.05, 4.69) is 15.9 Å². The molecule has 0 heterocycles. The van der Waals surface area contributed by atoms with Crippen molar-refractivity contribution in [3.05, 3.63) is 27.9 Å². The van der Waals surface area contributed by atoms with Gasteiger partial charge in [-0.1, -0.05) is 0 Å². The van der Waals surface area contributed by atoms with E-state index in [1.54, 1.807) is 5.32 Å². The van der Waals surface area contributed by atoms with Crippen LogP contribution in [0.15, 0.2) is 22.7 Å². The Balaban J connectivity index is 2.91. The lowest BCUT2D eigenvalue weighted by Crippen LogP contribution is -2.99. The maximum Gasteiger partial charge on any atom is 0.471 e. The van der Waals surface area contributed by atoms with Crippen LogP contribution in [0.4, 0.5) is 24.5 Å². The van der Waals surface area contributed by atoms with E-state index in [1.807, 2.05) is 0 Å². The molecular weight excluding hydrogens is 309 g/mol. The van der Waals surface area contributed by atoms with Gasteiger partial charge in [0.2, 0.25) is 0 Å². The average Bonchev–Trinajstić information content (AvgIpc) is 2.19. The highest BCUT2D eigenvalue weighted by Gasteiger charge is 2.38. The molecule has 0 bridgehead atoms. The number of rotatable bonds is 2. The minimum absolute atomic E-state index is 0.0509. The predicted molar refractivity (Wildman–Crippen MR) is 54.6 cm³/mol. The third kappa shape index (κ3) is 3.66. The predicted octanol–water partition coefficient (Wildman–Crippen LogP) is 1.35. The van der Waals surface area contributed by atoms with Gasteiger partial charge in [-0.3, -0.25) is 4.79 Å². The summed E-state index contributed by atoms with van der Waals surface area (Å²) >= 11 is 2.87. The quantitative estimate of drug-likeness (QED) is 0.721. The van der Waals surface area contributed by atoms with Crippen molar-refractivity contribution in [1.29, 1.82) is 0 Å². The van der Waals surface area contributed by atoms with Crippen molar-refractivity contribution in [3.8, 4) is 0 Å². The largest absolute Gasteiger partial charge is 0.595 e. The fourth-order valence-corrected chi connectivity index (χ4v) is 1.42. The Labute approximate surface area is 101 Å². The van der Waals surface area contributed by atoms with Gasteiger partial charge >= 0.3 is 12.1 Å². The summed E-state index contributed by atoms with van der Waals surface area (Å²) in [5, 5.41) is 19.6. The van der Waals surface area contributed by atoms with E-state index < -0.39 is 17.3 Å². The Morgan fingerprint density at radius 3 is 2.47 bits per heavy atom. The van der Waals surface area contributed by atoms with Gasteiger partial charge in [0.05, 0.1) is 5.69 Å². The molecule has 0 saturated carbocycles. The van der Waals surface area contributed by atoms with E-state index in [-0.39, 0.29) is 15.8 Å². The van der Waals surface area contributed by atoms with E-state index in [1.165, 1.54) is 0 Å². The summed E-state index contributed by atoms with van der Waals surface area (Å²) in [5.74, 6) is -2.12. The molecule has 1 amide bonds. The molecule has 1 unspecified atom stereocenters. The van der Waals surface area contributed by atoms with Crippen molar-refractivity contribution in [2.75, 3.05) is 5.32 Å². The maximum absolute atomic E-state index is 12.0. The fourth-order valence-electron chi connectivity index (χ4n) is 0.943. The van der Waals surface area contributed by atoms with Crippen LogP contribution in [0.3, 0.4) is 0 Å². The molecule has 0 aliphatic carbocycles. The zero-order chi connectivity index (χ0) is 13.2. The molecule has 1 rings (SSSR count). The third-order valence-corrected chi connectivity index (χ3v) is 2.38. The minimum Gasteiger partial charge on any atom is -0.595 e. The van der Waals surface area contributed by atoms with Gasteiger partial charge < -0.3 is 10.5 Å². The number of halogens is 4. The van der Waals surface area contributed by atoms with Crippen molar-refractivity contribution in [2.24, 2.45) is 0 Å². The summed E-state index contributed by atoms with van der Waals surface area (Å²) < 4.78 is 35.9. The molecule has 1 atom stereocenters. The van der Waals surface area contributed by atoms with Gasteiger partial charge in [-0.25, -0.2) is 5.21 Å². The van der Waals surface area contributed by atoms with Crippen molar-refractivity contribution in [1.82, 2.24) is 0 Å². The first kappa shape index (κ1) is 13.9. The molecule has 1 aromatic rings. The monoisotopic (exact) mass is 314 g/mol. The van der Waals surface area contributed by atoms with E-state index in [4.69, 9.17) is 5.21 Å². The fraction of sp³-hybridized carbons (Fsp3) is 0.125. The molecule has 0 spiro atoms. The second-order valence-corrected chi connectivity index (χ2v) is 3.81. The number of amides is 1. The zero-order valence-electron chi connectivity index (χ0n) is 8.01. The van der Waals surface area contributed by atoms with Gasteiger partial charge in [0.1, 0.15) is 0 Å². The van der Waals surface area contributed by atoms with Gasteiger partial charge in [0.15, 0.2) is 5.69 Å². The lowest BCUT2D eigenvalue weighted by atomic mass is 10.3. The molecule has 0 radical (unpaired) electrons. The van der Waals surface area contributed by atoms with Gasteiger partial charge in [-0.15, -0.1) is 0 Å².